The minimum absolute atomic E-state index is 0.0639. The van der Waals surface area contributed by atoms with E-state index >= 15 is 0 Å². The number of urea groups is 1. The van der Waals surface area contributed by atoms with Crippen molar-refractivity contribution >= 4 is 22.5 Å². The molecule has 2 aromatic heterocycles. The monoisotopic (exact) mass is 425 g/mol. The molecule has 0 aliphatic carbocycles. The molecule has 3 aromatic rings. The molecular formula is C21H23N5O3S. The molecule has 8 nitrogen and oxygen atoms in total. The molecule has 0 spiro atoms. The Morgan fingerprint density at radius 1 is 1.13 bits per heavy atom. The summed E-state index contributed by atoms with van der Waals surface area (Å²) >= 11 is 1.35. The van der Waals surface area contributed by atoms with Crippen molar-refractivity contribution in [2.45, 2.75) is 19.9 Å². The first-order valence-corrected chi connectivity index (χ1v) is 10.6. The maximum atomic E-state index is 12.6. The van der Waals surface area contributed by atoms with E-state index in [4.69, 9.17) is 4.74 Å². The van der Waals surface area contributed by atoms with E-state index in [1.807, 2.05) is 44.2 Å². The Kier molecular flexibility index (Phi) is 5.91. The van der Waals surface area contributed by atoms with Gasteiger partial charge < -0.3 is 9.64 Å². The molecule has 9 heteroatoms. The Labute approximate surface area is 178 Å². The van der Waals surface area contributed by atoms with Crippen LogP contribution in [-0.2, 0) is 4.74 Å². The standard InChI is InChI=1S/C21H23N5O3S/c1-14(2)26-17(27)9-8-16(24-26)19-18(15-6-4-3-5-7-15)22-20(30-19)23-21(28)25-10-12-29-13-11-25/h3-9,14H,10-13H2,1-2H3,(H,22,23,28). The Morgan fingerprint density at radius 2 is 1.87 bits per heavy atom. The zero-order chi connectivity index (χ0) is 21.1. The molecule has 1 fully saturated rings. The lowest BCUT2D eigenvalue weighted by Gasteiger charge is -2.26. The quantitative estimate of drug-likeness (QED) is 0.691. The fourth-order valence-corrected chi connectivity index (χ4v) is 4.13. The molecule has 1 aliphatic rings. The van der Waals surface area contributed by atoms with Gasteiger partial charge in [0, 0.05) is 24.7 Å². The van der Waals surface area contributed by atoms with Crippen molar-refractivity contribution in [3.63, 3.8) is 0 Å². The second-order valence-electron chi connectivity index (χ2n) is 7.19. The number of hydrogen-bond donors (Lipinski definition) is 1. The van der Waals surface area contributed by atoms with Crippen LogP contribution in [0.25, 0.3) is 21.8 Å². The van der Waals surface area contributed by atoms with Crippen LogP contribution >= 0.6 is 11.3 Å². The molecule has 0 radical (unpaired) electrons. The second kappa shape index (κ2) is 8.76. The van der Waals surface area contributed by atoms with Crippen molar-refractivity contribution in [1.29, 1.82) is 0 Å². The molecular weight excluding hydrogens is 402 g/mol. The normalized spacial score (nSPS) is 14.2. The van der Waals surface area contributed by atoms with Gasteiger partial charge in [0.1, 0.15) is 5.69 Å². The number of morpholine rings is 1. The molecule has 3 heterocycles. The number of nitrogens with one attached hydrogen (secondary N) is 1. The number of anilines is 1. The lowest BCUT2D eigenvalue weighted by atomic mass is 10.1. The summed E-state index contributed by atoms with van der Waals surface area (Å²) in [5, 5.41) is 7.94. The topological polar surface area (TPSA) is 89.3 Å². The van der Waals surface area contributed by atoms with Gasteiger partial charge in [-0.15, -0.1) is 0 Å². The summed E-state index contributed by atoms with van der Waals surface area (Å²) in [5.41, 5.74) is 2.13. The number of ether oxygens (including phenoxy) is 1. The van der Waals surface area contributed by atoms with E-state index in [0.717, 1.165) is 16.1 Å². The van der Waals surface area contributed by atoms with Gasteiger partial charge in [-0.25, -0.2) is 14.5 Å². The van der Waals surface area contributed by atoms with E-state index in [2.05, 4.69) is 15.4 Å². The fraction of sp³-hybridized carbons (Fsp3) is 0.333. The van der Waals surface area contributed by atoms with Crippen LogP contribution in [0.3, 0.4) is 0 Å². The van der Waals surface area contributed by atoms with Crippen molar-refractivity contribution in [3.8, 4) is 21.8 Å². The molecule has 1 saturated heterocycles. The van der Waals surface area contributed by atoms with Crippen molar-refractivity contribution in [1.82, 2.24) is 19.7 Å². The Morgan fingerprint density at radius 3 is 2.57 bits per heavy atom. The van der Waals surface area contributed by atoms with Gasteiger partial charge in [0.15, 0.2) is 5.13 Å². The second-order valence-corrected chi connectivity index (χ2v) is 8.19. The van der Waals surface area contributed by atoms with Crippen LogP contribution < -0.4 is 10.9 Å². The third-order valence-electron chi connectivity index (χ3n) is 4.73. The van der Waals surface area contributed by atoms with Gasteiger partial charge in [-0.05, 0) is 19.9 Å². The van der Waals surface area contributed by atoms with Crippen LogP contribution in [-0.4, -0.2) is 52.0 Å². The molecule has 0 atom stereocenters. The number of thiazole rings is 1. The lowest BCUT2D eigenvalue weighted by molar-refractivity contribution is 0.0564. The first-order chi connectivity index (χ1) is 14.5. The van der Waals surface area contributed by atoms with Crippen LogP contribution in [0.4, 0.5) is 9.93 Å². The predicted octanol–water partition coefficient (Wildman–Crippen LogP) is 3.48. The number of rotatable bonds is 4. The molecule has 4 rings (SSSR count). The van der Waals surface area contributed by atoms with Gasteiger partial charge in [-0.2, -0.15) is 5.10 Å². The smallest absolute Gasteiger partial charge is 0.323 e. The van der Waals surface area contributed by atoms with Gasteiger partial charge >= 0.3 is 6.03 Å². The first kappa shape index (κ1) is 20.2. The summed E-state index contributed by atoms with van der Waals surface area (Å²) < 4.78 is 6.76. The zero-order valence-electron chi connectivity index (χ0n) is 16.9. The summed E-state index contributed by atoms with van der Waals surface area (Å²) in [5.74, 6) is 0. The lowest BCUT2D eigenvalue weighted by Crippen LogP contribution is -2.43. The van der Waals surface area contributed by atoms with Gasteiger partial charge in [-0.3, -0.25) is 10.1 Å². The molecule has 1 N–H and O–H groups in total. The summed E-state index contributed by atoms with van der Waals surface area (Å²) in [6.07, 6.45) is 0. The van der Waals surface area contributed by atoms with Crippen molar-refractivity contribution in [2.75, 3.05) is 31.6 Å². The molecule has 1 aromatic carbocycles. The summed E-state index contributed by atoms with van der Waals surface area (Å²) in [6, 6.07) is 12.7. The third-order valence-corrected chi connectivity index (χ3v) is 5.73. The number of hydrogen-bond acceptors (Lipinski definition) is 6. The SMILES string of the molecule is CC(C)n1nc(-c2sc(NC(=O)N3CCOCC3)nc2-c2ccccc2)ccc1=O. The minimum atomic E-state index is -0.196. The van der Waals surface area contributed by atoms with Gasteiger partial charge in [0.05, 0.1) is 29.8 Å². The minimum Gasteiger partial charge on any atom is -0.378 e. The maximum absolute atomic E-state index is 12.6. The fourth-order valence-electron chi connectivity index (χ4n) is 3.19. The van der Waals surface area contributed by atoms with Crippen LogP contribution in [0.2, 0.25) is 0 Å². The van der Waals surface area contributed by atoms with E-state index in [-0.39, 0.29) is 17.6 Å². The number of carbonyl (C=O) groups is 1. The zero-order valence-corrected chi connectivity index (χ0v) is 17.7. The van der Waals surface area contributed by atoms with Gasteiger partial charge in [0.2, 0.25) is 0 Å². The Balaban J connectivity index is 1.73. The van der Waals surface area contributed by atoms with Crippen LogP contribution in [0, 0.1) is 0 Å². The number of carbonyl (C=O) groups excluding carboxylic acids is 1. The largest absolute Gasteiger partial charge is 0.378 e. The van der Waals surface area contributed by atoms with Crippen molar-refractivity contribution in [2.24, 2.45) is 0 Å². The average molecular weight is 426 g/mol. The van der Waals surface area contributed by atoms with E-state index in [9.17, 15) is 9.59 Å². The molecule has 2 amide bonds. The highest BCUT2D eigenvalue weighted by molar-refractivity contribution is 7.19. The van der Waals surface area contributed by atoms with E-state index in [1.54, 1.807) is 11.0 Å². The van der Waals surface area contributed by atoms with Crippen molar-refractivity contribution in [3.05, 3.63) is 52.8 Å². The number of aromatic nitrogens is 3. The molecule has 0 saturated carbocycles. The Hall–Kier alpha value is -3.04. The van der Waals surface area contributed by atoms with Crippen LogP contribution in [0.15, 0.2) is 47.3 Å². The molecule has 156 valence electrons. The number of nitrogens with zero attached hydrogens (tertiary/aromatic N) is 4. The first-order valence-electron chi connectivity index (χ1n) is 9.83. The number of benzene rings is 1. The van der Waals surface area contributed by atoms with Gasteiger partial charge in [0.25, 0.3) is 5.56 Å². The third kappa shape index (κ3) is 4.27. The molecule has 30 heavy (non-hydrogen) atoms. The highest BCUT2D eigenvalue weighted by atomic mass is 32.1. The highest BCUT2D eigenvalue weighted by Gasteiger charge is 2.21. The van der Waals surface area contributed by atoms with Gasteiger partial charge in [-0.1, -0.05) is 41.7 Å². The predicted molar refractivity (Wildman–Crippen MR) is 117 cm³/mol. The van der Waals surface area contributed by atoms with Crippen LogP contribution in [0.5, 0.6) is 0 Å². The summed E-state index contributed by atoms with van der Waals surface area (Å²) in [7, 11) is 0. The van der Waals surface area contributed by atoms with E-state index in [0.29, 0.717) is 37.1 Å². The highest BCUT2D eigenvalue weighted by Crippen LogP contribution is 2.38. The molecule has 1 aliphatic heterocycles. The summed E-state index contributed by atoms with van der Waals surface area (Å²) in [6.45, 7) is 6.00. The number of amides is 2. The van der Waals surface area contributed by atoms with E-state index < -0.39 is 0 Å². The molecule has 0 unspecified atom stereocenters. The maximum Gasteiger partial charge on any atom is 0.323 e. The van der Waals surface area contributed by atoms with Crippen molar-refractivity contribution < 1.29 is 9.53 Å². The van der Waals surface area contributed by atoms with Crippen LogP contribution in [0.1, 0.15) is 19.9 Å². The Bertz CT molecular complexity index is 1090. The van der Waals surface area contributed by atoms with E-state index in [1.165, 1.54) is 22.1 Å². The average Bonchev–Trinajstić information content (AvgIpc) is 3.19. The summed E-state index contributed by atoms with van der Waals surface area (Å²) in [4.78, 5) is 32.0. The molecule has 0 bridgehead atoms.